The van der Waals surface area contributed by atoms with E-state index in [1.165, 1.54) is 29.8 Å². The molecule has 9 nitrogen and oxygen atoms in total. The van der Waals surface area contributed by atoms with Gasteiger partial charge in [0.2, 0.25) is 0 Å². The Labute approximate surface area is 243 Å². The molecule has 2 N–H and O–H groups in total. The van der Waals surface area contributed by atoms with E-state index in [1.54, 1.807) is 13.8 Å². The average Bonchev–Trinajstić information content (AvgIpc) is 3.28. The van der Waals surface area contributed by atoms with Gasteiger partial charge in [-0.1, -0.05) is 40.7 Å². The van der Waals surface area contributed by atoms with Crippen molar-refractivity contribution in [2.45, 2.75) is 66.2 Å². The standard InChI is InChI=1S/C16H23NO4.C14H19NO.C2H4O2/c1-10(2)15(19)14-12(18)9-13(21-16(14)20)11(3)7-5-6-8-17-4;1-4-8-16-13-6-7-14-11(10-13)9-12(5-2)15(14)3;1-4-2-3/h6,8-11,17-18H,5,7H2,1-4H3;6-7,9-10H,4-5,8H2,1-3H3;2H,1H3/b8-6+;;. The van der Waals surface area contributed by atoms with E-state index in [4.69, 9.17) is 13.9 Å². The first-order valence-electron chi connectivity index (χ1n) is 14.0. The van der Waals surface area contributed by atoms with Crippen molar-refractivity contribution in [3.05, 3.63) is 70.0 Å². The minimum atomic E-state index is -0.763. The van der Waals surface area contributed by atoms with Crippen LogP contribution in [-0.2, 0) is 23.0 Å². The van der Waals surface area contributed by atoms with Crippen LogP contribution in [0.4, 0.5) is 0 Å². The van der Waals surface area contributed by atoms with E-state index in [-0.39, 0.29) is 23.1 Å². The Hall–Kier alpha value is -4.01. The number of fused-ring (bicyclic) bond motifs is 1. The number of rotatable bonds is 12. The topological polar surface area (TPSA) is 120 Å². The van der Waals surface area contributed by atoms with Gasteiger partial charge in [0.15, 0.2) is 5.78 Å². The lowest BCUT2D eigenvalue weighted by Gasteiger charge is -2.11. The fourth-order valence-corrected chi connectivity index (χ4v) is 3.98. The molecule has 0 fully saturated rings. The van der Waals surface area contributed by atoms with Gasteiger partial charge in [0, 0.05) is 48.6 Å². The molecular weight excluding hydrogens is 524 g/mol. The van der Waals surface area contributed by atoms with Gasteiger partial charge in [0.1, 0.15) is 22.8 Å². The highest BCUT2D eigenvalue weighted by atomic mass is 16.5. The summed E-state index contributed by atoms with van der Waals surface area (Å²) in [7, 11) is 5.25. The van der Waals surface area contributed by atoms with Gasteiger partial charge in [-0.15, -0.1) is 0 Å². The Balaban J connectivity index is 0.000000371. The zero-order valence-corrected chi connectivity index (χ0v) is 25.7. The van der Waals surface area contributed by atoms with Crippen molar-refractivity contribution < 1.29 is 28.6 Å². The lowest BCUT2D eigenvalue weighted by Crippen LogP contribution is -2.19. The predicted molar refractivity (Wildman–Crippen MR) is 163 cm³/mol. The number of methoxy groups -OCH3 is 1. The van der Waals surface area contributed by atoms with Crippen molar-refractivity contribution in [3.63, 3.8) is 0 Å². The molecule has 2 aromatic heterocycles. The molecule has 0 aliphatic rings. The van der Waals surface area contributed by atoms with Crippen LogP contribution >= 0.6 is 0 Å². The number of carbonyl (C=O) groups excluding carboxylic acids is 2. The number of aromatic nitrogens is 1. The number of aromatic hydroxyl groups is 1. The third-order valence-corrected chi connectivity index (χ3v) is 6.30. The van der Waals surface area contributed by atoms with Crippen molar-refractivity contribution in [3.8, 4) is 11.5 Å². The summed E-state index contributed by atoms with van der Waals surface area (Å²) in [6, 6.07) is 9.94. The molecule has 0 saturated carbocycles. The maximum Gasteiger partial charge on any atom is 0.350 e. The van der Waals surface area contributed by atoms with Crippen molar-refractivity contribution in [2.24, 2.45) is 13.0 Å². The smallest absolute Gasteiger partial charge is 0.350 e. The summed E-state index contributed by atoms with van der Waals surface area (Å²) in [4.78, 5) is 32.7. The molecular formula is C32H46N2O7. The van der Waals surface area contributed by atoms with Crippen LogP contribution in [0.3, 0.4) is 0 Å². The second kappa shape index (κ2) is 18.4. The zero-order chi connectivity index (χ0) is 30.9. The number of hydrogen-bond donors (Lipinski definition) is 2. The molecule has 0 bridgehead atoms. The summed E-state index contributed by atoms with van der Waals surface area (Å²) >= 11 is 0. The number of benzene rings is 1. The van der Waals surface area contributed by atoms with Crippen LogP contribution in [0.15, 0.2) is 51.8 Å². The van der Waals surface area contributed by atoms with Crippen molar-refractivity contribution in [1.29, 1.82) is 0 Å². The lowest BCUT2D eigenvalue weighted by molar-refractivity contribution is -0.126. The van der Waals surface area contributed by atoms with Crippen LogP contribution in [0.25, 0.3) is 10.9 Å². The first-order chi connectivity index (χ1) is 19.6. The SMILES string of the molecule is CCCOc1ccc2c(c1)cc(CC)n2C.CN/C=C/CCC(C)c1cc(O)c(C(=O)C(C)C)c(=O)o1.COC=O. The quantitative estimate of drug-likeness (QED) is 0.197. The molecule has 0 spiro atoms. The van der Waals surface area contributed by atoms with Gasteiger partial charge in [-0.3, -0.25) is 9.59 Å². The number of Topliss-reactive ketones (excluding diaryl/α,β-unsaturated/α-hetero) is 1. The van der Waals surface area contributed by atoms with Crippen LogP contribution in [0.5, 0.6) is 11.5 Å². The number of nitrogens with zero attached hydrogens (tertiary/aromatic N) is 1. The number of aryl methyl sites for hydroxylation is 2. The highest BCUT2D eigenvalue weighted by Gasteiger charge is 2.22. The van der Waals surface area contributed by atoms with Gasteiger partial charge in [-0.25, -0.2) is 4.79 Å². The average molecular weight is 571 g/mol. The maximum absolute atomic E-state index is 11.9. The fraction of sp³-hybridized carbons (Fsp3) is 0.469. The molecule has 226 valence electrons. The van der Waals surface area contributed by atoms with E-state index >= 15 is 0 Å². The van der Waals surface area contributed by atoms with E-state index in [2.05, 4.69) is 59.8 Å². The Kier molecular flexibility index (Phi) is 15.7. The molecule has 0 aliphatic carbocycles. The molecule has 0 aliphatic heterocycles. The van der Waals surface area contributed by atoms with E-state index in [9.17, 15) is 14.7 Å². The van der Waals surface area contributed by atoms with Gasteiger partial charge in [0.25, 0.3) is 6.47 Å². The molecule has 0 radical (unpaired) electrons. The van der Waals surface area contributed by atoms with Gasteiger partial charge in [-0.2, -0.15) is 0 Å². The summed E-state index contributed by atoms with van der Waals surface area (Å²) in [6.07, 6.45) is 7.52. The third kappa shape index (κ3) is 10.8. The monoisotopic (exact) mass is 570 g/mol. The Morgan fingerprint density at radius 1 is 1.17 bits per heavy atom. The minimum absolute atomic E-state index is 0.0201. The molecule has 0 amide bonds. The summed E-state index contributed by atoms with van der Waals surface area (Å²) in [5, 5.41) is 14.1. The highest BCUT2D eigenvalue weighted by molar-refractivity contribution is 5.99. The largest absolute Gasteiger partial charge is 0.507 e. The van der Waals surface area contributed by atoms with Crippen LogP contribution < -0.4 is 15.7 Å². The summed E-state index contributed by atoms with van der Waals surface area (Å²) in [6.45, 7) is 10.7. The van der Waals surface area contributed by atoms with Crippen LogP contribution in [0.1, 0.15) is 81.6 Å². The molecule has 1 atom stereocenters. The number of nitrogens with one attached hydrogen (secondary N) is 1. The number of ether oxygens (including phenoxy) is 2. The molecule has 2 heterocycles. The van der Waals surface area contributed by atoms with E-state index < -0.39 is 11.4 Å². The molecule has 3 aromatic rings. The first kappa shape index (κ1) is 35.0. The second-order valence-electron chi connectivity index (χ2n) is 9.83. The number of carbonyl (C=O) groups is 2. The molecule has 1 unspecified atom stereocenters. The predicted octanol–water partition coefficient (Wildman–Crippen LogP) is 6.12. The van der Waals surface area contributed by atoms with Gasteiger partial charge >= 0.3 is 5.63 Å². The molecule has 9 heteroatoms. The Morgan fingerprint density at radius 2 is 1.85 bits per heavy atom. The Bertz CT molecular complexity index is 1320. The highest BCUT2D eigenvalue weighted by Crippen LogP contribution is 2.26. The van der Waals surface area contributed by atoms with E-state index in [1.807, 2.05) is 26.2 Å². The number of ketones is 1. The molecule has 0 saturated heterocycles. The molecule has 1 aromatic carbocycles. The first-order valence-corrected chi connectivity index (χ1v) is 14.0. The fourth-order valence-electron chi connectivity index (χ4n) is 3.98. The van der Waals surface area contributed by atoms with Crippen LogP contribution in [0, 0.1) is 5.92 Å². The summed E-state index contributed by atoms with van der Waals surface area (Å²) in [5.41, 5.74) is 1.63. The van der Waals surface area contributed by atoms with Crippen molar-refractivity contribution in [1.82, 2.24) is 9.88 Å². The van der Waals surface area contributed by atoms with E-state index in [0.717, 1.165) is 38.0 Å². The molecule has 41 heavy (non-hydrogen) atoms. The number of hydrogen-bond acceptors (Lipinski definition) is 8. The summed E-state index contributed by atoms with van der Waals surface area (Å²) in [5.74, 6) is 0.287. The minimum Gasteiger partial charge on any atom is -0.507 e. The third-order valence-electron chi connectivity index (χ3n) is 6.30. The van der Waals surface area contributed by atoms with Gasteiger partial charge in [-0.05, 0) is 56.1 Å². The summed E-state index contributed by atoms with van der Waals surface area (Å²) < 4.78 is 17.0. The molecule has 3 rings (SSSR count). The zero-order valence-electron chi connectivity index (χ0n) is 25.7. The van der Waals surface area contributed by atoms with Crippen molar-refractivity contribution in [2.75, 3.05) is 20.8 Å². The lowest BCUT2D eigenvalue weighted by atomic mass is 9.99. The second-order valence-corrected chi connectivity index (χ2v) is 9.83. The number of allylic oxidation sites excluding steroid dienone is 1. The maximum atomic E-state index is 11.9. The van der Waals surface area contributed by atoms with Crippen LogP contribution in [0.2, 0.25) is 0 Å². The Morgan fingerprint density at radius 3 is 2.39 bits per heavy atom. The van der Waals surface area contributed by atoms with Crippen LogP contribution in [-0.4, -0.2) is 42.7 Å². The van der Waals surface area contributed by atoms with Gasteiger partial charge < -0.3 is 28.9 Å². The van der Waals surface area contributed by atoms with Gasteiger partial charge in [0.05, 0.1) is 13.7 Å². The normalized spacial score (nSPS) is 11.3. The van der Waals surface area contributed by atoms with Crippen molar-refractivity contribution >= 4 is 23.2 Å². The van der Waals surface area contributed by atoms with E-state index in [0.29, 0.717) is 12.2 Å².